The number of carbonyl (C=O) groups is 1. The largest absolute Gasteiger partial charge is 1.00 e. The minimum atomic E-state index is -5.95. The summed E-state index contributed by atoms with van der Waals surface area (Å²) in [7, 11) is -5.36. The molecule has 4 rings (SSSR count). The summed E-state index contributed by atoms with van der Waals surface area (Å²) in [4.78, 5) is 60.8. The molecule has 0 aliphatic carbocycles. The molecule has 0 unspecified atom stereocenters. The van der Waals surface area contributed by atoms with Crippen LogP contribution in [0, 0.1) is 0 Å². The van der Waals surface area contributed by atoms with Gasteiger partial charge in [0.1, 0.15) is 27.0 Å². The number of benzene rings is 3. The van der Waals surface area contributed by atoms with Crippen molar-refractivity contribution in [3.05, 3.63) is 53.8 Å². The van der Waals surface area contributed by atoms with E-state index in [1.165, 1.54) is 58.8 Å². The van der Waals surface area contributed by atoms with Crippen LogP contribution in [0.3, 0.4) is 0 Å². The summed E-state index contributed by atoms with van der Waals surface area (Å²) in [5.74, 6) is -3.07. The second-order valence-corrected chi connectivity index (χ2v) is 10.6. The topological polar surface area (TPSA) is 221 Å². The van der Waals surface area contributed by atoms with E-state index in [2.05, 4.69) is 9.05 Å². The Bertz CT molecular complexity index is 1780. The van der Waals surface area contributed by atoms with Gasteiger partial charge in [0.05, 0.1) is 35.5 Å². The summed E-state index contributed by atoms with van der Waals surface area (Å²) in [6, 6.07) is 9.27. The summed E-state index contributed by atoms with van der Waals surface area (Å²) in [6.07, 6.45) is 0. The zero-order valence-electron chi connectivity index (χ0n) is 27.1. The Morgan fingerprint density at radius 3 is 1.64 bits per heavy atom. The summed E-state index contributed by atoms with van der Waals surface area (Å²) in [6.45, 7) is 0. The fourth-order valence-electron chi connectivity index (χ4n) is 4.28. The SMILES string of the molecule is COc1ccc2c(-c3ccc(OC)c(OP(=O)([O-])[O-])c3OP(=O)([O-])[O-])c(C(=O)c3cc(OC)c(OC)c(OC)c3)oc2c1.[Na+].[Na+].[Na+].[Na+]. The number of methoxy groups -OCH3 is 5. The molecule has 0 saturated heterocycles. The average molecular weight is 728 g/mol. The van der Waals surface area contributed by atoms with E-state index in [0.29, 0.717) is 5.75 Å². The van der Waals surface area contributed by atoms with Gasteiger partial charge < -0.3 is 65.9 Å². The smallest absolute Gasteiger partial charge is 0.780 e. The van der Waals surface area contributed by atoms with Crippen molar-refractivity contribution in [2.24, 2.45) is 0 Å². The number of fused-ring (bicyclic) bond motifs is 1. The van der Waals surface area contributed by atoms with Gasteiger partial charge in [-0.3, -0.25) is 4.79 Å². The minimum Gasteiger partial charge on any atom is -0.780 e. The number of furan rings is 1. The summed E-state index contributed by atoms with van der Waals surface area (Å²) >= 11 is 0. The number of phosphoric acid groups is 2. The fraction of sp³-hybridized carbons (Fsp3) is 0.192. The molecule has 230 valence electrons. The Morgan fingerprint density at radius 2 is 1.17 bits per heavy atom. The predicted molar refractivity (Wildman–Crippen MR) is 141 cm³/mol. The molecule has 0 saturated carbocycles. The molecule has 0 bridgehead atoms. The average Bonchev–Trinajstić information content (AvgIpc) is 3.33. The molecule has 0 aliphatic rings. The van der Waals surface area contributed by atoms with E-state index < -0.39 is 44.4 Å². The molecular weight excluding hydrogens is 706 g/mol. The van der Waals surface area contributed by atoms with Crippen LogP contribution in [0.4, 0.5) is 0 Å². The van der Waals surface area contributed by atoms with Crippen LogP contribution in [0.25, 0.3) is 22.1 Å². The zero-order chi connectivity index (χ0) is 31.7. The molecule has 0 fully saturated rings. The molecule has 0 N–H and O–H groups in total. The van der Waals surface area contributed by atoms with Gasteiger partial charge in [-0.1, -0.05) is 0 Å². The predicted octanol–water partition coefficient (Wildman–Crippen LogP) is -10.2. The van der Waals surface area contributed by atoms with E-state index >= 15 is 0 Å². The first-order valence-electron chi connectivity index (χ1n) is 11.8. The number of hydrogen-bond acceptors (Lipinski definition) is 15. The second-order valence-electron chi connectivity index (χ2n) is 8.46. The second kappa shape index (κ2) is 19.4. The first-order valence-corrected chi connectivity index (χ1v) is 14.8. The van der Waals surface area contributed by atoms with Crippen LogP contribution in [0.2, 0.25) is 0 Å². The third-order valence-corrected chi connectivity index (χ3v) is 6.81. The molecule has 15 nitrogen and oxygen atoms in total. The van der Waals surface area contributed by atoms with E-state index in [-0.39, 0.29) is 163 Å². The molecule has 3 aromatic carbocycles. The maximum Gasteiger partial charge on any atom is 1.00 e. The number of ether oxygens (including phenoxy) is 5. The summed E-state index contributed by atoms with van der Waals surface area (Å²) in [5.41, 5.74) is -0.536. The van der Waals surface area contributed by atoms with Gasteiger partial charge in [0, 0.05) is 28.1 Å². The van der Waals surface area contributed by atoms with Crippen LogP contribution >= 0.6 is 15.6 Å². The maximum absolute atomic E-state index is 14.0. The molecule has 0 radical (unpaired) electrons. The van der Waals surface area contributed by atoms with E-state index in [0.717, 1.165) is 19.2 Å². The molecule has 21 heteroatoms. The van der Waals surface area contributed by atoms with Gasteiger partial charge in [-0.05, 0) is 36.4 Å². The monoisotopic (exact) mass is 728 g/mol. The maximum atomic E-state index is 14.0. The quantitative estimate of drug-likeness (QED) is 0.0751. The van der Waals surface area contributed by atoms with Crippen molar-refractivity contribution in [2.45, 2.75) is 0 Å². The Morgan fingerprint density at radius 1 is 0.638 bits per heavy atom. The van der Waals surface area contributed by atoms with Gasteiger partial charge in [-0.25, -0.2) is 0 Å². The Hall–Kier alpha value is -0.230. The Balaban J connectivity index is 0.00000529. The fourth-order valence-corrected chi connectivity index (χ4v) is 5.08. The molecule has 0 amide bonds. The molecule has 0 spiro atoms. The molecule has 0 atom stereocenters. The van der Waals surface area contributed by atoms with Crippen molar-refractivity contribution in [3.63, 3.8) is 0 Å². The summed E-state index contributed by atoms with van der Waals surface area (Å²) in [5, 5.41) is 0.164. The van der Waals surface area contributed by atoms with Crippen LogP contribution in [0.5, 0.6) is 40.2 Å². The van der Waals surface area contributed by atoms with Gasteiger partial charge in [-0.2, -0.15) is 0 Å². The minimum absolute atomic E-state index is 0. The number of rotatable bonds is 12. The van der Waals surface area contributed by atoms with Crippen molar-refractivity contribution in [3.8, 4) is 51.4 Å². The van der Waals surface area contributed by atoms with Crippen LogP contribution in [-0.4, -0.2) is 41.3 Å². The van der Waals surface area contributed by atoms with E-state index in [9.17, 15) is 33.5 Å². The van der Waals surface area contributed by atoms with Crippen molar-refractivity contribution < 1.29 is 189 Å². The van der Waals surface area contributed by atoms with Crippen LogP contribution in [-0.2, 0) is 9.13 Å². The van der Waals surface area contributed by atoms with Crippen molar-refractivity contribution in [1.29, 1.82) is 0 Å². The van der Waals surface area contributed by atoms with Crippen molar-refractivity contribution in [2.75, 3.05) is 35.5 Å². The van der Waals surface area contributed by atoms with Crippen molar-refractivity contribution >= 4 is 32.4 Å². The normalized spacial score (nSPS) is 10.7. The third-order valence-electron chi connectivity index (χ3n) is 6.00. The van der Waals surface area contributed by atoms with Gasteiger partial charge >= 0.3 is 118 Å². The van der Waals surface area contributed by atoms with Gasteiger partial charge in [-0.15, -0.1) is 0 Å². The zero-order valence-corrected chi connectivity index (χ0v) is 36.8. The van der Waals surface area contributed by atoms with Gasteiger partial charge in [0.15, 0.2) is 28.8 Å². The van der Waals surface area contributed by atoms with Gasteiger partial charge in [0.2, 0.25) is 17.3 Å². The molecule has 1 aromatic heterocycles. The number of hydrogen-bond donors (Lipinski definition) is 0. The van der Waals surface area contributed by atoms with Gasteiger partial charge in [0.25, 0.3) is 0 Å². The molecule has 1 heterocycles. The van der Waals surface area contributed by atoms with E-state index in [1.54, 1.807) is 0 Å². The Kier molecular flexibility index (Phi) is 19.3. The Labute approximate surface area is 357 Å². The molecular formula is C26H22Na4O15P2. The van der Waals surface area contributed by atoms with Crippen LogP contribution < -0.4 is 171 Å². The number of ketones is 1. The summed E-state index contributed by atoms with van der Waals surface area (Å²) < 4.78 is 64.6. The number of carbonyl (C=O) groups excluding carboxylic acids is 1. The van der Waals surface area contributed by atoms with Crippen LogP contribution in [0.15, 0.2) is 46.9 Å². The van der Waals surface area contributed by atoms with Crippen LogP contribution in [0.1, 0.15) is 16.1 Å². The number of phosphoric ester groups is 2. The third kappa shape index (κ3) is 10.9. The first-order chi connectivity index (χ1) is 20.2. The standard InChI is InChI=1S/C26H26O15P2.4Na/c1-34-14-6-7-15-18(12-14)39-26(22(27)13-10-19(36-3)24(38-5)20(11-13)37-4)21(15)16-8-9-17(35-2)25(41-43(31,32)33)23(16)40-42(28,29)30;;;;/h6-12H,1-5H3,(H2,28,29,30)(H2,31,32,33);;;;/q;4*+1/p-4. The molecule has 0 aliphatic heterocycles. The van der Waals surface area contributed by atoms with E-state index in [4.69, 9.17) is 28.1 Å². The van der Waals surface area contributed by atoms with E-state index in [1.807, 2.05) is 0 Å². The first kappa shape index (κ1) is 46.8. The van der Waals surface area contributed by atoms with Crippen molar-refractivity contribution in [1.82, 2.24) is 0 Å². The molecule has 47 heavy (non-hydrogen) atoms. The molecule has 4 aromatic rings.